The van der Waals surface area contributed by atoms with Gasteiger partial charge in [-0.05, 0) is 11.6 Å². The first-order chi connectivity index (χ1) is 10.5. The number of rotatable bonds is 4. The Hall–Kier alpha value is -2.57. The van der Waals surface area contributed by atoms with E-state index >= 15 is 0 Å². The van der Waals surface area contributed by atoms with Gasteiger partial charge in [0.05, 0.1) is 13.1 Å². The van der Waals surface area contributed by atoms with Crippen molar-refractivity contribution in [2.45, 2.75) is 12.5 Å². The molecule has 22 heavy (non-hydrogen) atoms. The van der Waals surface area contributed by atoms with Crippen molar-refractivity contribution < 1.29 is 19.1 Å². The summed E-state index contributed by atoms with van der Waals surface area (Å²) < 4.78 is 5.79. The van der Waals surface area contributed by atoms with Crippen molar-refractivity contribution in [2.24, 2.45) is 0 Å². The molecule has 1 aromatic carbocycles. The van der Waals surface area contributed by atoms with E-state index in [4.69, 9.17) is 4.74 Å². The molecule has 3 rings (SSSR count). The van der Waals surface area contributed by atoms with Gasteiger partial charge in [-0.1, -0.05) is 18.2 Å². The molecular formula is C15H17N3O4. The predicted octanol–water partition coefficient (Wildman–Crippen LogP) is 0.000300. The standard InChI is InChI=1S/C15H17N3O4/c1-17(14(20)9-18-13(19)7-16-15(18)21)8-11-6-10-4-2-3-5-12(10)22-11/h2-5,11H,6-9H2,1H3,(H,16,21). The zero-order chi connectivity index (χ0) is 15.7. The van der Waals surface area contributed by atoms with Crippen molar-refractivity contribution >= 4 is 17.8 Å². The van der Waals surface area contributed by atoms with E-state index in [2.05, 4.69) is 5.32 Å². The van der Waals surface area contributed by atoms with E-state index in [1.165, 1.54) is 4.90 Å². The number of hydrogen-bond donors (Lipinski definition) is 1. The van der Waals surface area contributed by atoms with Gasteiger partial charge in [0.25, 0.3) is 5.91 Å². The number of carbonyl (C=O) groups excluding carboxylic acids is 3. The molecule has 1 saturated heterocycles. The Labute approximate surface area is 127 Å². The van der Waals surface area contributed by atoms with Crippen LogP contribution in [-0.2, 0) is 16.0 Å². The van der Waals surface area contributed by atoms with Crippen LogP contribution in [0.5, 0.6) is 5.75 Å². The molecular weight excluding hydrogens is 286 g/mol. The van der Waals surface area contributed by atoms with E-state index in [0.29, 0.717) is 6.54 Å². The number of benzene rings is 1. The molecule has 1 unspecified atom stereocenters. The van der Waals surface area contributed by atoms with E-state index in [1.54, 1.807) is 7.05 Å². The Bertz CT molecular complexity index is 590. The van der Waals surface area contributed by atoms with Crippen LogP contribution in [-0.4, -0.2) is 60.4 Å². The first-order valence-corrected chi connectivity index (χ1v) is 7.11. The highest BCUT2D eigenvalue weighted by atomic mass is 16.5. The fraction of sp³-hybridized carbons (Fsp3) is 0.400. The summed E-state index contributed by atoms with van der Waals surface area (Å²) in [5.74, 6) is 0.184. The molecule has 0 saturated carbocycles. The van der Waals surface area contributed by atoms with Crippen LogP contribution in [0.25, 0.3) is 0 Å². The molecule has 0 aromatic heterocycles. The summed E-state index contributed by atoms with van der Waals surface area (Å²) in [5.41, 5.74) is 1.13. The molecule has 0 aliphatic carbocycles. The molecule has 116 valence electrons. The number of nitrogens with zero attached hydrogens (tertiary/aromatic N) is 2. The Morgan fingerprint density at radius 3 is 2.86 bits per heavy atom. The summed E-state index contributed by atoms with van der Waals surface area (Å²) in [6.45, 7) is 0.134. The minimum Gasteiger partial charge on any atom is -0.488 e. The van der Waals surface area contributed by atoms with E-state index in [1.807, 2.05) is 24.3 Å². The highest BCUT2D eigenvalue weighted by molar-refractivity contribution is 6.04. The van der Waals surface area contributed by atoms with Crippen LogP contribution >= 0.6 is 0 Å². The fourth-order valence-corrected chi connectivity index (χ4v) is 2.63. The Kier molecular flexibility index (Phi) is 3.70. The number of hydrogen-bond acceptors (Lipinski definition) is 4. The van der Waals surface area contributed by atoms with Crippen molar-refractivity contribution in [3.8, 4) is 5.75 Å². The first-order valence-electron chi connectivity index (χ1n) is 7.11. The van der Waals surface area contributed by atoms with Crippen LogP contribution < -0.4 is 10.1 Å². The highest BCUT2D eigenvalue weighted by Gasteiger charge is 2.32. The lowest BCUT2D eigenvalue weighted by atomic mass is 10.1. The van der Waals surface area contributed by atoms with E-state index < -0.39 is 6.03 Å². The topological polar surface area (TPSA) is 79.0 Å². The van der Waals surface area contributed by atoms with Crippen LogP contribution in [0.15, 0.2) is 24.3 Å². The van der Waals surface area contributed by atoms with Gasteiger partial charge in [-0.25, -0.2) is 4.79 Å². The van der Waals surface area contributed by atoms with Gasteiger partial charge in [-0.15, -0.1) is 0 Å². The minimum atomic E-state index is -0.517. The van der Waals surface area contributed by atoms with Crippen LogP contribution in [0.2, 0.25) is 0 Å². The summed E-state index contributed by atoms with van der Waals surface area (Å²) in [6.07, 6.45) is 0.645. The Morgan fingerprint density at radius 1 is 1.41 bits per heavy atom. The third-order valence-electron chi connectivity index (χ3n) is 3.85. The molecule has 0 spiro atoms. The number of urea groups is 1. The van der Waals surface area contributed by atoms with Crippen LogP contribution in [0.1, 0.15) is 5.56 Å². The lowest BCUT2D eigenvalue weighted by Crippen LogP contribution is -2.44. The number of fused-ring (bicyclic) bond motifs is 1. The smallest absolute Gasteiger partial charge is 0.325 e. The maximum Gasteiger partial charge on any atom is 0.325 e. The van der Waals surface area contributed by atoms with Crippen molar-refractivity contribution in [3.05, 3.63) is 29.8 Å². The van der Waals surface area contributed by atoms with Gasteiger partial charge in [0.15, 0.2) is 0 Å². The lowest BCUT2D eigenvalue weighted by molar-refractivity contribution is -0.136. The average molecular weight is 303 g/mol. The van der Waals surface area contributed by atoms with Gasteiger partial charge in [-0.3, -0.25) is 14.5 Å². The predicted molar refractivity (Wildman–Crippen MR) is 77.3 cm³/mol. The summed E-state index contributed by atoms with van der Waals surface area (Å²) in [7, 11) is 1.65. The number of carbonyl (C=O) groups is 3. The van der Waals surface area contributed by atoms with Crippen molar-refractivity contribution in [3.63, 3.8) is 0 Å². The Balaban J connectivity index is 1.54. The molecule has 1 N–H and O–H groups in total. The van der Waals surface area contributed by atoms with Gasteiger partial charge in [0.1, 0.15) is 18.4 Å². The van der Waals surface area contributed by atoms with Gasteiger partial charge < -0.3 is 15.0 Å². The number of ether oxygens (including phenoxy) is 1. The SMILES string of the molecule is CN(CC1Cc2ccccc2O1)C(=O)CN1C(=O)CNC1=O. The molecule has 0 radical (unpaired) electrons. The maximum absolute atomic E-state index is 12.1. The zero-order valence-corrected chi connectivity index (χ0v) is 12.2. The third kappa shape index (κ3) is 2.74. The number of para-hydroxylation sites is 1. The van der Waals surface area contributed by atoms with Gasteiger partial charge in [-0.2, -0.15) is 0 Å². The molecule has 1 aromatic rings. The van der Waals surface area contributed by atoms with E-state index in [-0.39, 0.29) is 31.0 Å². The molecule has 0 bridgehead atoms. The fourth-order valence-electron chi connectivity index (χ4n) is 2.63. The monoisotopic (exact) mass is 303 g/mol. The molecule has 1 fully saturated rings. The molecule has 7 heteroatoms. The zero-order valence-electron chi connectivity index (χ0n) is 12.2. The summed E-state index contributed by atoms with van der Waals surface area (Å²) in [6, 6.07) is 7.26. The summed E-state index contributed by atoms with van der Waals surface area (Å²) >= 11 is 0. The minimum absolute atomic E-state index is 0.0448. The van der Waals surface area contributed by atoms with Crippen LogP contribution in [0.4, 0.5) is 4.79 Å². The molecule has 2 aliphatic heterocycles. The molecule has 2 aliphatic rings. The number of imide groups is 1. The largest absolute Gasteiger partial charge is 0.488 e. The van der Waals surface area contributed by atoms with Crippen LogP contribution in [0.3, 0.4) is 0 Å². The van der Waals surface area contributed by atoms with Crippen LogP contribution in [0, 0.1) is 0 Å². The molecule has 2 heterocycles. The molecule has 1 atom stereocenters. The molecule has 7 nitrogen and oxygen atoms in total. The molecule has 4 amide bonds. The second-order valence-corrected chi connectivity index (χ2v) is 5.46. The van der Waals surface area contributed by atoms with Crippen molar-refractivity contribution in [1.29, 1.82) is 0 Å². The second kappa shape index (κ2) is 5.67. The Morgan fingerprint density at radius 2 is 2.18 bits per heavy atom. The highest BCUT2D eigenvalue weighted by Crippen LogP contribution is 2.28. The van der Waals surface area contributed by atoms with Gasteiger partial charge in [0.2, 0.25) is 5.91 Å². The summed E-state index contributed by atoms with van der Waals surface area (Å²) in [4.78, 5) is 37.5. The first kappa shape index (κ1) is 14.4. The van der Waals surface area contributed by atoms with E-state index in [0.717, 1.165) is 22.6 Å². The van der Waals surface area contributed by atoms with E-state index in [9.17, 15) is 14.4 Å². The van der Waals surface area contributed by atoms with Crippen molar-refractivity contribution in [1.82, 2.24) is 15.1 Å². The van der Waals surface area contributed by atoms with Crippen molar-refractivity contribution in [2.75, 3.05) is 26.7 Å². The summed E-state index contributed by atoms with van der Waals surface area (Å²) in [5, 5.41) is 2.39. The third-order valence-corrected chi connectivity index (χ3v) is 3.85. The second-order valence-electron chi connectivity index (χ2n) is 5.46. The quantitative estimate of drug-likeness (QED) is 0.794. The maximum atomic E-state index is 12.1. The van der Waals surface area contributed by atoms with Gasteiger partial charge >= 0.3 is 6.03 Å². The van der Waals surface area contributed by atoms with Gasteiger partial charge in [0, 0.05) is 13.5 Å². The number of nitrogens with one attached hydrogen (secondary N) is 1. The number of likely N-dealkylation sites (N-methyl/N-ethyl adjacent to an activating group) is 1. The average Bonchev–Trinajstić information content (AvgIpc) is 3.04. The number of amides is 4. The normalized spacial score (nSPS) is 19.7. The lowest BCUT2D eigenvalue weighted by Gasteiger charge is -2.23.